The molecule has 1 rings (SSSR count). The fourth-order valence-corrected chi connectivity index (χ4v) is 1.75. The van der Waals surface area contributed by atoms with E-state index in [-0.39, 0.29) is 18.9 Å². The third-order valence-corrected chi connectivity index (χ3v) is 2.76. The molecule has 0 aliphatic carbocycles. The van der Waals surface area contributed by atoms with Crippen molar-refractivity contribution in [2.45, 2.75) is 26.2 Å². The summed E-state index contributed by atoms with van der Waals surface area (Å²) in [6, 6.07) is 5.80. The average molecular weight is 265 g/mol. The van der Waals surface area contributed by atoms with Crippen molar-refractivity contribution in [1.29, 1.82) is 0 Å². The van der Waals surface area contributed by atoms with Gasteiger partial charge >= 0.3 is 5.97 Å². The Labute approximate surface area is 112 Å². The third kappa shape index (κ3) is 5.42. The van der Waals surface area contributed by atoms with Crippen molar-refractivity contribution in [2.75, 3.05) is 13.7 Å². The molecule has 0 atom stereocenters. The average Bonchev–Trinajstić information content (AvgIpc) is 2.36. The summed E-state index contributed by atoms with van der Waals surface area (Å²) < 4.78 is 5.17. The topological polar surface area (TPSA) is 75.6 Å². The fraction of sp³-hybridized carbons (Fsp3) is 0.429. The van der Waals surface area contributed by atoms with Gasteiger partial charge in [0.25, 0.3) is 0 Å². The normalized spacial score (nSPS) is 10.0. The number of carbonyl (C=O) groups is 2. The highest BCUT2D eigenvalue weighted by Gasteiger charge is 2.05. The molecule has 0 saturated heterocycles. The number of carboxylic acids is 1. The van der Waals surface area contributed by atoms with Gasteiger partial charge in [-0.05, 0) is 30.5 Å². The Kier molecular flexibility index (Phi) is 5.85. The molecule has 19 heavy (non-hydrogen) atoms. The number of nitrogens with one attached hydrogen (secondary N) is 1. The van der Waals surface area contributed by atoms with Gasteiger partial charge in [-0.2, -0.15) is 0 Å². The number of aryl methyl sites for hydroxylation is 2. The van der Waals surface area contributed by atoms with Gasteiger partial charge in [0, 0.05) is 13.0 Å². The molecule has 0 radical (unpaired) electrons. The van der Waals surface area contributed by atoms with E-state index in [4.69, 9.17) is 9.84 Å². The number of benzene rings is 1. The van der Waals surface area contributed by atoms with Crippen molar-refractivity contribution in [3.63, 3.8) is 0 Å². The van der Waals surface area contributed by atoms with Crippen LogP contribution in [0.25, 0.3) is 0 Å². The summed E-state index contributed by atoms with van der Waals surface area (Å²) in [6.07, 6.45) is 0.933. The number of hydrogen-bond acceptors (Lipinski definition) is 3. The van der Waals surface area contributed by atoms with Crippen LogP contribution in [0, 0.1) is 6.92 Å². The standard InChI is InChI=1S/C14H19NO4/c1-10-9-11(3-5-12(10)19-2)4-6-13(16)15-8-7-14(17)18/h3,5,9H,4,6-8H2,1-2H3,(H,15,16)(H,17,18). The van der Waals surface area contributed by atoms with Gasteiger partial charge in [-0.1, -0.05) is 12.1 Å². The molecule has 5 nitrogen and oxygen atoms in total. The van der Waals surface area contributed by atoms with E-state index in [0.29, 0.717) is 12.8 Å². The quantitative estimate of drug-likeness (QED) is 0.784. The minimum atomic E-state index is -0.911. The number of rotatable bonds is 7. The molecule has 0 aromatic heterocycles. The summed E-state index contributed by atoms with van der Waals surface area (Å²) in [6.45, 7) is 2.13. The highest BCUT2D eigenvalue weighted by Crippen LogP contribution is 2.19. The molecule has 104 valence electrons. The van der Waals surface area contributed by atoms with Crippen LogP contribution in [0.3, 0.4) is 0 Å². The van der Waals surface area contributed by atoms with E-state index in [1.165, 1.54) is 0 Å². The second kappa shape index (κ2) is 7.41. The number of carbonyl (C=O) groups excluding carboxylic acids is 1. The van der Waals surface area contributed by atoms with Gasteiger partial charge in [0.15, 0.2) is 0 Å². The first-order valence-electron chi connectivity index (χ1n) is 6.15. The highest BCUT2D eigenvalue weighted by atomic mass is 16.5. The van der Waals surface area contributed by atoms with Crippen LogP contribution in [-0.4, -0.2) is 30.6 Å². The number of carboxylic acid groups (broad SMARTS) is 1. The van der Waals surface area contributed by atoms with Crippen LogP contribution < -0.4 is 10.1 Å². The van der Waals surface area contributed by atoms with E-state index in [9.17, 15) is 9.59 Å². The Morgan fingerprint density at radius 2 is 2.05 bits per heavy atom. The molecular weight excluding hydrogens is 246 g/mol. The molecule has 2 N–H and O–H groups in total. The lowest BCUT2D eigenvalue weighted by Gasteiger charge is -2.07. The van der Waals surface area contributed by atoms with E-state index in [0.717, 1.165) is 16.9 Å². The maximum atomic E-state index is 11.5. The molecule has 0 aliphatic heterocycles. The maximum Gasteiger partial charge on any atom is 0.305 e. The molecule has 0 heterocycles. The van der Waals surface area contributed by atoms with Crippen LogP contribution in [0.15, 0.2) is 18.2 Å². The number of aliphatic carboxylic acids is 1. The predicted octanol–water partition coefficient (Wildman–Crippen LogP) is 1.53. The largest absolute Gasteiger partial charge is 0.496 e. The van der Waals surface area contributed by atoms with Crippen molar-refractivity contribution in [3.05, 3.63) is 29.3 Å². The number of amides is 1. The molecule has 5 heteroatoms. The zero-order valence-electron chi connectivity index (χ0n) is 11.2. The van der Waals surface area contributed by atoms with Crippen molar-refractivity contribution < 1.29 is 19.4 Å². The van der Waals surface area contributed by atoms with Crippen molar-refractivity contribution in [3.8, 4) is 5.75 Å². The second-order valence-corrected chi connectivity index (χ2v) is 4.30. The van der Waals surface area contributed by atoms with Gasteiger partial charge < -0.3 is 15.2 Å². The molecule has 1 aromatic carbocycles. The van der Waals surface area contributed by atoms with Crippen molar-refractivity contribution in [1.82, 2.24) is 5.32 Å². The van der Waals surface area contributed by atoms with Gasteiger partial charge in [0.1, 0.15) is 5.75 Å². The third-order valence-electron chi connectivity index (χ3n) is 2.76. The molecule has 1 aromatic rings. The van der Waals surface area contributed by atoms with Gasteiger partial charge in [-0.3, -0.25) is 9.59 Å². The summed E-state index contributed by atoms with van der Waals surface area (Å²) in [5.74, 6) is -0.213. The van der Waals surface area contributed by atoms with Gasteiger partial charge in [0.2, 0.25) is 5.91 Å². The van der Waals surface area contributed by atoms with Gasteiger partial charge in [-0.25, -0.2) is 0 Å². The lowest BCUT2D eigenvalue weighted by Crippen LogP contribution is -2.26. The molecule has 0 aliphatic rings. The monoisotopic (exact) mass is 265 g/mol. The summed E-state index contributed by atoms with van der Waals surface area (Å²) in [7, 11) is 1.62. The predicted molar refractivity (Wildman–Crippen MR) is 71.3 cm³/mol. The molecule has 0 saturated carbocycles. The van der Waals surface area contributed by atoms with Crippen molar-refractivity contribution in [2.24, 2.45) is 0 Å². The minimum Gasteiger partial charge on any atom is -0.496 e. The Balaban J connectivity index is 2.37. The van der Waals surface area contributed by atoms with Crippen LogP contribution in [0.1, 0.15) is 24.0 Å². The highest BCUT2D eigenvalue weighted by molar-refractivity contribution is 5.77. The van der Waals surface area contributed by atoms with E-state index < -0.39 is 5.97 Å². The lowest BCUT2D eigenvalue weighted by atomic mass is 10.1. The number of methoxy groups -OCH3 is 1. The molecule has 0 fully saturated rings. The van der Waals surface area contributed by atoms with Crippen LogP contribution in [-0.2, 0) is 16.0 Å². The van der Waals surface area contributed by atoms with Crippen LogP contribution in [0.4, 0.5) is 0 Å². The zero-order chi connectivity index (χ0) is 14.3. The zero-order valence-corrected chi connectivity index (χ0v) is 11.2. The first-order valence-corrected chi connectivity index (χ1v) is 6.15. The van der Waals surface area contributed by atoms with E-state index in [1.54, 1.807) is 7.11 Å². The second-order valence-electron chi connectivity index (χ2n) is 4.30. The minimum absolute atomic E-state index is 0.0482. The molecule has 1 amide bonds. The maximum absolute atomic E-state index is 11.5. The van der Waals surface area contributed by atoms with Crippen LogP contribution in [0.2, 0.25) is 0 Å². The molecule has 0 unspecified atom stereocenters. The van der Waals surface area contributed by atoms with Crippen molar-refractivity contribution >= 4 is 11.9 Å². The SMILES string of the molecule is COc1ccc(CCC(=O)NCCC(=O)O)cc1C. The Hall–Kier alpha value is -2.04. The first kappa shape index (κ1) is 15.0. The fourth-order valence-electron chi connectivity index (χ4n) is 1.75. The lowest BCUT2D eigenvalue weighted by molar-refractivity contribution is -0.136. The Bertz CT molecular complexity index is 457. The molecular formula is C14H19NO4. The smallest absolute Gasteiger partial charge is 0.305 e. The summed E-state index contributed by atoms with van der Waals surface area (Å²) in [5, 5.41) is 11.0. The summed E-state index contributed by atoms with van der Waals surface area (Å²) in [4.78, 5) is 21.8. The van der Waals surface area contributed by atoms with Gasteiger partial charge in [0.05, 0.1) is 13.5 Å². The van der Waals surface area contributed by atoms with E-state index in [2.05, 4.69) is 5.32 Å². The van der Waals surface area contributed by atoms with Crippen LogP contribution >= 0.6 is 0 Å². The Morgan fingerprint density at radius 3 is 2.63 bits per heavy atom. The summed E-state index contributed by atoms with van der Waals surface area (Å²) >= 11 is 0. The van der Waals surface area contributed by atoms with Gasteiger partial charge in [-0.15, -0.1) is 0 Å². The van der Waals surface area contributed by atoms with E-state index in [1.807, 2.05) is 25.1 Å². The first-order chi connectivity index (χ1) is 9.02. The van der Waals surface area contributed by atoms with E-state index >= 15 is 0 Å². The molecule has 0 bridgehead atoms. The number of ether oxygens (including phenoxy) is 1. The Morgan fingerprint density at radius 1 is 1.32 bits per heavy atom. The number of hydrogen-bond donors (Lipinski definition) is 2. The summed E-state index contributed by atoms with van der Waals surface area (Å²) in [5.41, 5.74) is 2.10. The van der Waals surface area contributed by atoms with Crippen LogP contribution in [0.5, 0.6) is 5.75 Å². The molecule has 0 spiro atoms.